The van der Waals surface area contributed by atoms with E-state index in [0.29, 0.717) is 32.5 Å². The number of carboxylic acids is 1. The number of carbonyl (C=O) groups is 2. The highest BCUT2D eigenvalue weighted by molar-refractivity contribution is 5.77. The van der Waals surface area contributed by atoms with Crippen molar-refractivity contribution < 1.29 is 19.8 Å². The first kappa shape index (κ1) is 15.9. The van der Waals surface area contributed by atoms with Crippen molar-refractivity contribution in [2.24, 2.45) is 0 Å². The molecule has 19 heavy (non-hydrogen) atoms. The Morgan fingerprint density at radius 3 is 2.16 bits per heavy atom. The van der Waals surface area contributed by atoms with Gasteiger partial charge in [0.1, 0.15) is 0 Å². The molecule has 0 aliphatic carbocycles. The molecule has 0 aromatic carbocycles. The van der Waals surface area contributed by atoms with Crippen LogP contribution in [-0.2, 0) is 9.59 Å². The van der Waals surface area contributed by atoms with Gasteiger partial charge in [0, 0.05) is 45.6 Å². The summed E-state index contributed by atoms with van der Waals surface area (Å²) in [5.74, 6) is -0.827. The summed E-state index contributed by atoms with van der Waals surface area (Å²) >= 11 is 0. The molecular weight excluding hydrogens is 248 g/mol. The molecule has 0 radical (unpaired) electrons. The van der Waals surface area contributed by atoms with E-state index in [1.54, 1.807) is 18.7 Å². The van der Waals surface area contributed by atoms with Gasteiger partial charge in [0.2, 0.25) is 5.91 Å². The predicted molar refractivity (Wildman–Crippen MR) is 70.8 cm³/mol. The van der Waals surface area contributed by atoms with Gasteiger partial charge >= 0.3 is 5.97 Å². The quantitative estimate of drug-likeness (QED) is 0.719. The number of amides is 1. The van der Waals surface area contributed by atoms with Crippen LogP contribution in [0, 0.1) is 0 Å². The molecule has 0 bridgehead atoms. The first-order valence-corrected chi connectivity index (χ1v) is 6.72. The maximum Gasteiger partial charge on any atom is 0.303 e. The van der Waals surface area contributed by atoms with Crippen LogP contribution in [0.25, 0.3) is 0 Å². The molecule has 1 heterocycles. The number of β-amino-alcohol motifs (C(OH)–C–C–N with tert-alkyl or cyclic N) is 1. The topological polar surface area (TPSA) is 81.1 Å². The lowest BCUT2D eigenvalue weighted by Gasteiger charge is -2.37. The van der Waals surface area contributed by atoms with Crippen LogP contribution in [-0.4, -0.2) is 70.2 Å². The minimum absolute atomic E-state index is 0.0316. The van der Waals surface area contributed by atoms with Crippen molar-refractivity contribution in [2.45, 2.75) is 38.7 Å². The fourth-order valence-corrected chi connectivity index (χ4v) is 2.25. The van der Waals surface area contributed by atoms with Crippen LogP contribution < -0.4 is 0 Å². The van der Waals surface area contributed by atoms with E-state index in [2.05, 4.69) is 4.90 Å². The van der Waals surface area contributed by atoms with E-state index in [4.69, 9.17) is 5.11 Å². The van der Waals surface area contributed by atoms with Crippen LogP contribution in [0.15, 0.2) is 0 Å². The lowest BCUT2D eigenvalue weighted by molar-refractivity contribution is -0.137. The van der Waals surface area contributed by atoms with Crippen molar-refractivity contribution in [1.82, 2.24) is 9.80 Å². The molecule has 0 aromatic heterocycles. The molecule has 1 aliphatic heterocycles. The second-order valence-corrected chi connectivity index (χ2v) is 5.72. The Balaban J connectivity index is 2.25. The summed E-state index contributed by atoms with van der Waals surface area (Å²) < 4.78 is 0. The van der Waals surface area contributed by atoms with Crippen molar-refractivity contribution in [3.8, 4) is 0 Å². The number of hydrogen-bond donors (Lipinski definition) is 2. The summed E-state index contributed by atoms with van der Waals surface area (Å²) in [7, 11) is 0. The van der Waals surface area contributed by atoms with Gasteiger partial charge in [-0.3, -0.25) is 14.5 Å². The van der Waals surface area contributed by atoms with Gasteiger partial charge < -0.3 is 15.1 Å². The SMILES string of the molecule is CC(C)(O)CN1CCN(C(=O)CCCC(=O)O)CC1. The number of nitrogens with zero attached hydrogens (tertiary/aromatic N) is 2. The molecule has 1 amide bonds. The molecule has 1 saturated heterocycles. The Morgan fingerprint density at radius 1 is 1.11 bits per heavy atom. The highest BCUT2D eigenvalue weighted by Gasteiger charge is 2.24. The Labute approximate surface area is 114 Å². The van der Waals surface area contributed by atoms with Crippen LogP contribution in [0.1, 0.15) is 33.1 Å². The Kier molecular flexibility index (Phi) is 5.75. The van der Waals surface area contributed by atoms with Crippen molar-refractivity contribution in [1.29, 1.82) is 0 Å². The van der Waals surface area contributed by atoms with Crippen LogP contribution >= 0.6 is 0 Å². The third-order valence-corrected chi connectivity index (χ3v) is 3.12. The Hall–Kier alpha value is -1.14. The highest BCUT2D eigenvalue weighted by Crippen LogP contribution is 2.10. The molecule has 1 rings (SSSR count). The van der Waals surface area contributed by atoms with Crippen LogP contribution in [0.2, 0.25) is 0 Å². The standard InChI is InChI=1S/C13H24N2O4/c1-13(2,19)10-14-6-8-15(9-7-14)11(16)4-3-5-12(17)18/h19H,3-10H2,1-2H3,(H,17,18). The zero-order chi connectivity index (χ0) is 14.5. The molecule has 0 atom stereocenters. The zero-order valence-electron chi connectivity index (χ0n) is 11.8. The number of piperazine rings is 1. The first-order chi connectivity index (χ1) is 8.78. The lowest BCUT2D eigenvalue weighted by atomic mass is 10.1. The molecule has 1 fully saturated rings. The molecule has 110 valence electrons. The molecule has 2 N–H and O–H groups in total. The van der Waals surface area contributed by atoms with Gasteiger partial charge in [-0.1, -0.05) is 0 Å². The molecule has 0 unspecified atom stereocenters. The first-order valence-electron chi connectivity index (χ1n) is 6.72. The van der Waals surface area contributed by atoms with Gasteiger partial charge in [-0.2, -0.15) is 0 Å². The maximum atomic E-state index is 11.8. The minimum Gasteiger partial charge on any atom is -0.481 e. The number of aliphatic carboxylic acids is 1. The number of hydrogen-bond acceptors (Lipinski definition) is 4. The molecule has 6 nitrogen and oxygen atoms in total. The van der Waals surface area contributed by atoms with E-state index in [1.165, 1.54) is 0 Å². The van der Waals surface area contributed by atoms with Gasteiger partial charge in [-0.05, 0) is 20.3 Å². The van der Waals surface area contributed by atoms with Crippen LogP contribution in [0.3, 0.4) is 0 Å². The van der Waals surface area contributed by atoms with Gasteiger partial charge in [0.25, 0.3) is 0 Å². The molecule has 1 aliphatic rings. The van der Waals surface area contributed by atoms with Gasteiger partial charge in [-0.25, -0.2) is 0 Å². The monoisotopic (exact) mass is 272 g/mol. The Morgan fingerprint density at radius 2 is 1.68 bits per heavy atom. The predicted octanol–water partition coefficient (Wildman–Crippen LogP) is 0.156. The van der Waals surface area contributed by atoms with E-state index >= 15 is 0 Å². The normalized spacial score (nSPS) is 17.5. The number of aliphatic hydroxyl groups is 1. The summed E-state index contributed by atoms with van der Waals surface area (Å²) in [5.41, 5.74) is -0.715. The molecule has 0 aromatic rings. The maximum absolute atomic E-state index is 11.8. The third kappa shape index (κ3) is 6.54. The van der Waals surface area contributed by atoms with Crippen molar-refractivity contribution >= 4 is 11.9 Å². The van der Waals surface area contributed by atoms with E-state index < -0.39 is 11.6 Å². The number of carboxylic acid groups (broad SMARTS) is 1. The summed E-state index contributed by atoms with van der Waals surface area (Å²) in [6, 6.07) is 0. The molecular formula is C13H24N2O4. The molecule has 0 spiro atoms. The lowest BCUT2D eigenvalue weighted by Crippen LogP contribution is -2.51. The second kappa shape index (κ2) is 6.86. The smallest absolute Gasteiger partial charge is 0.303 e. The fraction of sp³-hybridized carbons (Fsp3) is 0.846. The van der Waals surface area contributed by atoms with E-state index in [9.17, 15) is 14.7 Å². The molecule has 0 saturated carbocycles. The highest BCUT2D eigenvalue weighted by atomic mass is 16.4. The second-order valence-electron chi connectivity index (χ2n) is 5.72. The minimum atomic E-state index is -0.859. The largest absolute Gasteiger partial charge is 0.481 e. The average molecular weight is 272 g/mol. The zero-order valence-corrected chi connectivity index (χ0v) is 11.8. The van der Waals surface area contributed by atoms with E-state index in [0.717, 1.165) is 13.1 Å². The van der Waals surface area contributed by atoms with Crippen molar-refractivity contribution in [3.05, 3.63) is 0 Å². The van der Waals surface area contributed by atoms with Gasteiger partial charge in [-0.15, -0.1) is 0 Å². The van der Waals surface area contributed by atoms with Crippen LogP contribution in [0.4, 0.5) is 0 Å². The third-order valence-electron chi connectivity index (χ3n) is 3.12. The van der Waals surface area contributed by atoms with Gasteiger partial charge in [0.15, 0.2) is 0 Å². The Bertz CT molecular complexity index is 317. The van der Waals surface area contributed by atoms with Crippen molar-refractivity contribution in [2.75, 3.05) is 32.7 Å². The summed E-state index contributed by atoms with van der Waals surface area (Å²) in [6.07, 6.45) is 0.750. The van der Waals surface area contributed by atoms with Crippen LogP contribution in [0.5, 0.6) is 0 Å². The summed E-state index contributed by atoms with van der Waals surface area (Å²) in [6.45, 7) is 6.98. The average Bonchev–Trinajstić information content (AvgIpc) is 2.27. The number of rotatable bonds is 6. The van der Waals surface area contributed by atoms with Gasteiger partial charge in [0.05, 0.1) is 5.60 Å². The number of carbonyl (C=O) groups excluding carboxylic acids is 1. The van der Waals surface area contributed by atoms with E-state index in [-0.39, 0.29) is 12.3 Å². The van der Waals surface area contributed by atoms with E-state index in [1.807, 2.05) is 0 Å². The summed E-state index contributed by atoms with van der Waals surface area (Å²) in [5, 5.41) is 18.3. The summed E-state index contributed by atoms with van der Waals surface area (Å²) in [4.78, 5) is 26.1. The fourth-order valence-electron chi connectivity index (χ4n) is 2.25. The molecule has 6 heteroatoms. The van der Waals surface area contributed by atoms with Crippen molar-refractivity contribution in [3.63, 3.8) is 0 Å².